The van der Waals surface area contributed by atoms with Crippen LogP contribution >= 0.6 is 11.6 Å². The average Bonchev–Trinajstić information content (AvgIpc) is 2.71. The van der Waals surface area contributed by atoms with E-state index in [2.05, 4.69) is 10.3 Å². The third kappa shape index (κ3) is 4.32. The predicted molar refractivity (Wildman–Crippen MR) is 106 cm³/mol. The second kappa shape index (κ2) is 8.58. The number of carbonyl (C=O) groups excluding carboxylic acids is 1. The fourth-order valence-electron chi connectivity index (χ4n) is 2.64. The topological polar surface area (TPSA) is 93.2 Å². The fraction of sp³-hybridized carbons (Fsp3) is 0.150. The van der Waals surface area contributed by atoms with Gasteiger partial charge in [-0.1, -0.05) is 41.9 Å². The summed E-state index contributed by atoms with van der Waals surface area (Å²) in [5.74, 6) is 0.128. The molecular formula is C20H18ClN3O4. The first-order valence-electron chi connectivity index (χ1n) is 8.46. The third-order valence-corrected chi connectivity index (χ3v) is 4.57. The Labute approximate surface area is 165 Å². The zero-order chi connectivity index (χ0) is 20.1. The minimum Gasteiger partial charge on any atom is -0.497 e. The summed E-state index contributed by atoms with van der Waals surface area (Å²) in [5.41, 5.74) is -0.00443. The molecule has 3 rings (SSSR count). The Morgan fingerprint density at radius 1 is 1.14 bits per heavy atom. The molecule has 0 spiro atoms. The van der Waals surface area contributed by atoms with Crippen LogP contribution < -0.4 is 21.3 Å². The van der Waals surface area contributed by atoms with Crippen LogP contribution in [0.4, 0.5) is 0 Å². The molecule has 8 heteroatoms. The Morgan fingerprint density at radius 2 is 1.86 bits per heavy atom. The molecule has 0 aliphatic heterocycles. The fourth-order valence-corrected chi connectivity index (χ4v) is 2.83. The van der Waals surface area contributed by atoms with E-state index in [4.69, 9.17) is 16.3 Å². The Balaban J connectivity index is 1.80. The van der Waals surface area contributed by atoms with E-state index >= 15 is 0 Å². The van der Waals surface area contributed by atoms with Crippen LogP contribution in [0.3, 0.4) is 0 Å². The Kier molecular flexibility index (Phi) is 5.96. The van der Waals surface area contributed by atoms with Gasteiger partial charge in [0.2, 0.25) is 0 Å². The second-order valence-corrected chi connectivity index (χ2v) is 6.43. The number of nitrogens with one attached hydrogen (secondary N) is 2. The van der Waals surface area contributed by atoms with Gasteiger partial charge in [0.05, 0.1) is 13.7 Å². The minimum atomic E-state index is -0.684. The van der Waals surface area contributed by atoms with Gasteiger partial charge in [-0.2, -0.15) is 0 Å². The van der Waals surface area contributed by atoms with E-state index in [0.717, 1.165) is 16.3 Å². The number of hydrogen-bond donors (Lipinski definition) is 2. The molecule has 1 heterocycles. The first kappa shape index (κ1) is 19.4. The summed E-state index contributed by atoms with van der Waals surface area (Å²) in [5, 5.41) is 3.11. The van der Waals surface area contributed by atoms with Crippen LogP contribution in [0, 0.1) is 0 Å². The van der Waals surface area contributed by atoms with E-state index < -0.39 is 17.2 Å². The largest absolute Gasteiger partial charge is 0.497 e. The number of benzene rings is 2. The van der Waals surface area contributed by atoms with Crippen molar-refractivity contribution in [1.29, 1.82) is 0 Å². The lowest BCUT2D eigenvalue weighted by Crippen LogP contribution is -2.40. The summed E-state index contributed by atoms with van der Waals surface area (Å²) in [6.45, 7) is 0.194. The Morgan fingerprint density at radius 3 is 2.54 bits per heavy atom. The Bertz CT molecular complexity index is 1100. The Hall–Kier alpha value is -3.32. The van der Waals surface area contributed by atoms with Crippen LogP contribution in [0.2, 0.25) is 5.02 Å². The van der Waals surface area contributed by atoms with Crippen molar-refractivity contribution in [2.45, 2.75) is 13.1 Å². The first-order valence-corrected chi connectivity index (χ1v) is 8.84. The molecule has 0 saturated heterocycles. The van der Waals surface area contributed by atoms with Gasteiger partial charge in [0.15, 0.2) is 0 Å². The van der Waals surface area contributed by atoms with Gasteiger partial charge in [-0.25, -0.2) is 4.79 Å². The van der Waals surface area contributed by atoms with Crippen molar-refractivity contribution in [2.24, 2.45) is 0 Å². The van der Waals surface area contributed by atoms with Crippen LogP contribution in [0.25, 0.3) is 0 Å². The van der Waals surface area contributed by atoms with Gasteiger partial charge in [-0.05, 0) is 29.3 Å². The lowest BCUT2D eigenvalue weighted by atomic mass is 10.2. The van der Waals surface area contributed by atoms with E-state index in [9.17, 15) is 14.4 Å². The molecule has 3 aromatic rings. The number of aromatic amines is 1. The van der Waals surface area contributed by atoms with Crippen LogP contribution in [0.5, 0.6) is 5.75 Å². The lowest BCUT2D eigenvalue weighted by molar-refractivity contribution is 0.0948. The highest BCUT2D eigenvalue weighted by molar-refractivity contribution is 6.31. The number of H-pyrrole nitrogens is 1. The molecular weight excluding hydrogens is 382 g/mol. The molecule has 2 aromatic carbocycles. The molecule has 1 aromatic heterocycles. The summed E-state index contributed by atoms with van der Waals surface area (Å²) in [6, 6.07) is 14.1. The van der Waals surface area contributed by atoms with E-state index in [1.165, 1.54) is 0 Å². The summed E-state index contributed by atoms with van der Waals surface area (Å²) < 4.78 is 6.03. The quantitative estimate of drug-likeness (QED) is 0.664. The van der Waals surface area contributed by atoms with Gasteiger partial charge in [0.25, 0.3) is 11.5 Å². The van der Waals surface area contributed by atoms with Crippen molar-refractivity contribution in [1.82, 2.24) is 14.9 Å². The van der Waals surface area contributed by atoms with E-state index in [-0.39, 0.29) is 18.7 Å². The van der Waals surface area contributed by atoms with Gasteiger partial charge >= 0.3 is 5.69 Å². The molecule has 0 saturated carbocycles. The number of carbonyl (C=O) groups is 1. The standard InChI is InChI=1S/C20H18ClN3O4/c1-28-15-8-6-13(7-9-15)10-22-18(25)16-11-23-20(27)24(19(16)26)12-14-4-2-3-5-17(14)21/h2-9,11H,10,12H2,1H3,(H,22,25)(H,23,27). The summed E-state index contributed by atoms with van der Waals surface area (Å²) in [7, 11) is 1.57. The number of nitrogens with zero attached hydrogens (tertiary/aromatic N) is 1. The lowest BCUT2D eigenvalue weighted by Gasteiger charge is -2.09. The molecule has 0 atom stereocenters. The van der Waals surface area contributed by atoms with Gasteiger partial charge in [-0.15, -0.1) is 0 Å². The third-order valence-electron chi connectivity index (χ3n) is 4.20. The molecule has 28 heavy (non-hydrogen) atoms. The van der Waals surface area contributed by atoms with Crippen LogP contribution in [0.15, 0.2) is 64.3 Å². The van der Waals surface area contributed by atoms with Crippen molar-refractivity contribution in [3.05, 3.63) is 97.3 Å². The number of amides is 1. The highest BCUT2D eigenvalue weighted by atomic mass is 35.5. The number of methoxy groups -OCH3 is 1. The van der Waals surface area contributed by atoms with Crippen molar-refractivity contribution in [3.63, 3.8) is 0 Å². The highest BCUT2D eigenvalue weighted by Gasteiger charge is 2.15. The molecule has 0 bridgehead atoms. The molecule has 0 unspecified atom stereocenters. The molecule has 0 radical (unpaired) electrons. The van der Waals surface area contributed by atoms with Crippen LogP contribution in [-0.2, 0) is 13.1 Å². The summed E-state index contributed by atoms with van der Waals surface area (Å²) in [4.78, 5) is 39.6. The maximum absolute atomic E-state index is 12.7. The summed E-state index contributed by atoms with van der Waals surface area (Å²) in [6.07, 6.45) is 1.12. The minimum absolute atomic E-state index is 0.0343. The molecule has 0 fully saturated rings. The smallest absolute Gasteiger partial charge is 0.328 e. The molecule has 7 nitrogen and oxygen atoms in total. The van der Waals surface area contributed by atoms with Crippen LogP contribution in [-0.4, -0.2) is 22.6 Å². The number of rotatable bonds is 6. The molecule has 0 aliphatic rings. The van der Waals surface area contributed by atoms with Crippen molar-refractivity contribution in [2.75, 3.05) is 7.11 Å². The SMILES string of the molecule is COc1ccc(CNC(=O)c2c[nH]c(=O)n(Cc3ccccc3Cl)c2=O)cc1. The zero-order valence-corrected chi connectivity index (χ0v) is 15.8. The van der Waals surface area contributed by atoms with Crippen molar-refractivity contribution >= 4 is 17.5 Å². The van der Waals surface area contributed by atoms with Gasteiger partial charge in [-0.3, -0.25) is 14.2 Å². The number of ether oxygens (including phenoxy) is 1. The number of halogens is 1. The second-order valence-electron chi connectivity index (χ2n) is 6.02. The normalized spacial score (nSPS) is 10.5. The molecule has 2 N–H and O–H groups in total. The van der Waals surface area contributed by atoms with E-state index in [1.807, 2.05) is 12.1 Å². The average molecular weight is 400 g/mol. The predicted octanol–water partition coefficient (Wildman–Crippen LogP) is 2.18. The van der Waals surface area contributed by atoms with Gasteiger partial charge in [0.1, 0.15) is 11.3 Å². The molecule has 144 valence electrons. The van der Waals surface area contributed by atoms with Crippen molar-refractivity contribution in [3.8, 4) is 5.75 Å². The van der Waals surface area contributed by atoms with Crippen LogP contribution in [0.1, 0.15) is 21.5 Å². The molecule has 1 amide bonds. The molecule has 0 aliphatic carbocycles. The monoisotopic (exact) mass is 399 g/mol. The highest BCUT2D eigenvalue weighted by Crippen LogP contribution is 2.15. The van der Waals surface area contributed by atoms with Crippen molar-refractivity contribution < 1.29 is 9.53 Å². The first-order chi connectivity index (χ1) is 13.5. The maximum atomic E-state index is 12.7. The summed E-state index contributed by atoms with van der Waals surface area (Å²) >= 11 is 6.10. The maximum Gasteiger partial charge on any atom is 0.328 e. The van der Waals surface area contributed by atoms with E-state index in [0.29, 0.717) is 16.3 Å². The van der Waals surface area contributed by atoms with Gasteiger partial charge in [0, 0.05) is 17.8 Å². The zero-order valence-electron chi connectivity index (χ0n) is 15.1. The van der Waals surface area contributed by atoms with Gasteiger partial charge < -0.3 is 15.0 Å². The van der Waals surface area contributed by atoms with E-state index in [1.54, 1.807) is 43.5 Å². The number of aromatic nitrogens is 2. The number of hydrogen-bond acceptors (Lipinski definition) is 4.